The lowest BCUT2D eigenvalue weighted by Crippen LogP contribution is -2.30. The molecule has 2 aromatic carbocycles. The van der Waals surface area contributed by atoms with Crippen molar-refractivity contribution in [3.63, 3.8) is 0 Å². The van der Waals surface area contributed by atoms with E-state index < -0.39 is 18.0 Å². The minimum atomic E-state index is -1.04. The molecule has 0 spiro atoms. The molecular weight excluding hydrogens is 402 g/mol. The van der Waals surface area contributed by atoms with E-state index in [9.17, 15) is 19.2 Å². The van der Waals surface area contributed by atoms with E-state index >= 15 is 0 Å². The molecule has 0 aromatic heterocycles. The Morgan fingerprint density at radius 1 is 0.935 bits per heavy atom. The Morgan fingerprint density at radius 3 is 2.26 bits per heavy atom. The molecule has 0 bridgehead atoms. The summed E-state index contributed by atoms with van der Waals surface area (Å²) in [7, 11) is 0. The molecular formula is C23H23NO7. The third-order valence-corrected chi connectivity index (χ3v) is 4.66. The molecule has 0 saturated heterocycles. The highest BCUT2D eigenvalue weighted by Crippen LogP contribution is 2.31. The average molecular weight is 425 g/mol. The molecule has 0 fully saturated rings. The number of hydrogen-bond donors (Lipinski definition) is 1. The molecule has 31 heavy (non-hydrogen) atoms. The zero-order chi connectivity index (χ0) is 22.4. The van der Waals surface area contributed by atoms with Crippen LogP contribution in [0.25, 0.3) is 0 Å². The molecule has 1 unspecified atom stereocenters. The standard InChI is InChI=1S/C23H23NO7/c1-14(25)16-3-6-18(7-4-16)24-23(28)15(2)31-22(27)10-8-19(26)17-5-9-20-21(13-17)30-12-11-29-20/h3-7,9,13,15H,8,10-12H2,1-2H3,(H,24,28). The zero-order valence-corrected chi connectivity index (χ0v) is 17.3. The molecule has 0 radical (unpaired) electrons. The molecule has 3 rings (SSSR count). The van der Waals surface area contributed by atoms with Gasteiger partial charge in [-0.2, -0.15) is 0 Å². The summed E-state index contributed by atoms with van der Waals surface area (Å²) < 4.78 is 16.0. The van der Waals surface area contributed by atoms with Crippen LogP contribution in [0.15, 0.2) is 42.5 Å². The van der Waals surface area contributed by atoms with Crippen molar-refractivity contribution in [2.45, 2.75) is 32.8 Å². The lowest BCUT2D eigenvalue weighted by Gasteiger charge is -2.18. The fourth-order valence-electron chi connectivity index (χ4n) is 2.92. The van der Waals surface area contributed by atoms with Gasteiger partial charge in [-0.1, -0.05) is 0 Å². The Balaban J connectivity index is 1.46. The Kier molecular flexibility index (Phi) is 7.02. The topological polar surface area (TPSA) is 108 Å². The SMILES string of the molecule is CC(=O)c1ccc(NC(=O)C(C)OC(=O)CCC(=O)c2ccc3c(c2)OCCO3)cc1. The number of ketones is 2. The smallest absolute Gasteiger partial charge is 0.307 e. The van der Waals surface area contributed by atoms with Gasteiger partial charge in [0.25, 0.3) is 5.91 Å². The number of fused-ring (bicyclic) bond motifs is 1. The van der Waals surface area contributed by atoms with Gasteiger partial charge in [-0.3, -0.25) is 19.2 Å². The van der Waals surface area contributed by atoms with E-state index in [0.717, 1.165) is 0 Å². The minimum absolute atomic E-state index is 0.0562. The van der Waals surface area contributed by atoms with Crippen LogP contribution in [0.4, 0.5) is 5.69 Å². The van der Waals surface area contributed by atoms with Crippen LogP contribution in [0.1, 0.15) is 47.4 Å². The maximum absolute atomic E-state index is 12.4. The summed E-state index contributed by atoms with van der Waals surface area (Å²) >= 11 is 0. The Bertz CT molecular complexity index is 997. The molecule has 8 nitrogen and oxygen atoms in total. The minimum Gasteiger partial charge on any atom is -0.486 e. The second-order valence-corrected chi connectivity index (χ2v) is 7.04. The van der Waals surface area contributed by atoms with E-state index in [0.29, 0.717) is 41.5 Å². The van der Waals surface area contributed by atoms with Crippen LogP contribution in [0.3, 0.4) is 0 Å². The molecule has 162 valence electrons. The van der Waals surface area contributed by atoms with Gasteiger partial charge in [0.15, 0.2) is 29.2 Å². The van der Waals surface area contributed by atoms with Crippen LogP contribution in [-0.2, 0) is 14.3 Å². The number of benzene rings is 2. The number of carbonyl (C=O) groups excluding carboxylic acids is 4. The molecule has 0 aliphatic carbocycles. The van der Waals surface area contributed by atoms with Crippen molar-refractivity contribution in [1.29, 1.82) is 0 Å². The van der Waals surface area contributed by atoms with Crippen LogP contribution in [0.2, 0.25) is 0 Å². The fourth-order valence-corrected chi connectivity index (χ4v) is 2.92. The van der Waals surface area contributed by atoms with Gasteiger partial charge < -0.3 is 19.5 Å². The van der Waals surface area contributed by atoms with Gasteiger partial charge in [-0.05, 0) is 56.3 Å². The van der Waals surface area contributed by atoms with Crippen LogP contribution >= 0.6 is 0 Å². The van der Waals surface area contributed by atoms with Crippen LogP contribution in [-0.4, -0.2) is 42.8 Å². The first-order valence-corrected chi connectivity index (χ1v) is 9.87. The highest BCUT2D eigenvalue weighted by Gasteiger charge is 2.20. The molecule has 1 amide bonds. The Labute approximate surface area is 179 Å². The lowest BCUT2D eigenvalue weighted by atomic mass is 10.1. The van der Waals surface area contributed by atoms with E-state index in [1.54, 1.807) is 42.5 Å². The maximum atomic E-state index is 12.4. The quantitative estimate of drug-likeness (QED) is 0.511. The number of rotatable bonds is 8. The molecule has 1 aliphatic heterocycles. The normalized spacial score (nSPS) is 13.1. The highest BCUT2D eigenvalue weighted by atomic mass is 16.6. The fraction of sp³-hybridized carbons (Fsp3) is 0.304. The molecule has 0 saturated carbocycles. The largest absolute Gasteiger partial charge is 0.486 e. The van der Waals surface area contributed by atoms with Crippen molar-refractivity contribution in [3.8, 4) is 11.5 Å². The van der Waals surface area contributed by atoms with Crippen molar-refractivity contribution < 1.29 is 33.4 Å². The van der Waals surface area contributed by atoms with Gasteiger partial charge in [-0.25, -0.2) is 0 Å². The van der Waals surface area contributed by atoms with Crippen molar-refractivity contribution in [2.24, 2.45) is 0 Å². The predicted molar refractivity (Wildman–Crippen MR) is 112 cm³/mol. The first kappa shape index (κ1) is 22.0. The van der Waals surface area contributed by atoms with Crippen LogP contribution in [0, 0.1) is 0 Å². The summed E-state index contributed by atoms with van der Waals surface area (Å²) in [5.74, 6) is -0.399. The van der Waals surface area contributed by atoms with E-state index in [1.165, 1.54) is 13.8 Å². The highest BCUT2D eigenvalue weighted by molar-refractivity contribution is 5.99. The van der Waals surface area contributed by atoms with Crippen molar-refractivity contribution in [2.75, 3.05) is 18.5 Å². The summed E-state index contributed by atoms with van der Waals surface area (Å²) in [6.07, 6.45) is -1.25. The summed E-state index contributed by atoms with van der Waals surface area (Å²) in [4.78, 5) is 47.9. The van der Waals surface area contributed by atoms with Gasteiger partial charge >= 0.3 is 5.97 Å². The van der Waals surface area contributed by atoms with E-state index in [-0.39, 0.29) is 24.4 Å². The summed E-state index contributed by atoms with van der Waals surface area (Å²) in [5.41, 5.74) is 1.42. The van der Waals surface area contributed by atoms with Gasteiger partial charge in [-0.15, -0.1) is 0 Å². The number of esters is 1. The maximum Gasteiger partial charge on any atom is 0.307 e. The van der Waals surface area contributed by atoms with Crippen molar-refractivity contribution in [1.82, 2.24) is 0 Å². The molecule has 1 N–H and O–H groups in total. The second kappa shape index (κ2) is 9.88. The van der Waals surface area contributed by atoms with E-state index in [4.69, 9.17) is 14.2 Å². The monoisotopic (exact) mass is 425 g/mol. The third kappa shape index (κ3) is 5.91. The van der Waals surface area contributed by atoms with Gasteiger partial charge in [0.2, 0.25) is 0 Å². The Hall–Kier alpha value is -3.68. The third-order valence-electron chi connectivity index (χ3n) is 4.66. The molecule has 1 aliphatic rings. The average Bonchev–Trinajstić information content (AvgIpc) is 2.77. The molecule has 1 atom stereocenters. The number of ether oxygens (including phenoxy) is 3. The number of anilines is 1. The number of amides is 1. The van der Waals surface area contributed by atoms with Gasteiger partial charge in [0.1, 0.15) is 13.2 Å². The summed E-state index contributed by atoms with van der Waals surface area (Å²) in [6, 6.07) is 11.3. The molecule has 1 heterocycles. The van der Waals surface area contributed by atoms with E-state index in [2.05, 4.69) is 5.32 Å². The predicted octanol–water partition coefficient (Wildman–Crippen LogP) is 3.19. The van der Waals surface area contributed by atoms with Crippen LogP contribution < -0.4 is 14.8 Å². The molecule has 8 heteroatoms. The number of Topliss-reactive ketones (excluding diaryl/α,β-unsaturated/α-hetero) is 2. The summed E-state index contributed by atoms with van der Waals surface area (Å²) in [6.45, 7) is 3.77. The second-order valence-electron chi connectivity index (χ2n) is 7.04. The first-order valence-electron chi connectivity index (χ1n) is 9.87. The Morgan fingerprint density at radius 2 is 1.58 bits per heavy atom. The number of hydrogen-bond acceptors (Lipinski definition) is 7. The van der Waals surface area contributed by atoms with Crippen molar-refractivity contribution >= 4 is 29.1 Å². The number of nitrogens with one attached hydrogen (secondary N) is 1. The van der Waals surface area contributed by atoms with Crippen LogP contribution in [0.5, 0.6) is 11.5 Å². The summed E-state index contributed by atoms with van der Waals surface area (Å²) in [5, 5.41) is 2.61. The zero-order valence-electron chi connectivity index (χ0n) is 17.3. The lowest BCUT2D eigenvalue weighted by molar-refractivity contribution is -0.153. The first-order chi connectivity index (χ1) is 14.8. The van der Waals surface area contributed by atoms with E-state index in [1.807, 2.05) is 0 Å². The van der Waals surface area contributed by atoms with Crippen molar-refractivity contribution in [3.05, 3.63) is 53.6 Å². The van der Waals surface area contributed by atoms with Gasteiger partial charge in [0.05, 0.1) is 6.42 Å². The number of carbonyl (C=O) groups is 4. The van der Waals surface area contributed by atoms with Gasteiger partial charge in [0, 0.05) is 23.2 Å². The molecule has 2 aromatic rings.